The zero-order chi connectivity index (χ0) is 18.6. The zero-order valence-electron chi connectivity index (χ0n) is 15.1. The highest BCUT2D eigenvalue weighted by atomic mass is 19.1. The Kier molecular flexibility index (Phi) is 5.07. The maximum Gasteiger partial charge on any atom is 0.226 e. The fourth-order valence-corrected chi connectivity index (χ4v) is 3.08. The van der Waals surface area contributed by atoms with E-state index in [0.717, 1.165) is 35.8 Å². The molecule has 0 fully saturated rings. The number of halogens is 1. The molecular weight excluding hydrogens is 347 g/mol. The zero-order valence-corrected chi connectivity index (χ0v) is 15.1. The minimum atomic E-state index is -0.279. The summed E-state index contributed by atoms with van der Waals surface area (Å²) in [7, 11) is 0. The fraction of sp³-hybridized carbons (Fsp3) is 0.286. The molecule has 0 N–H and O–H groups in total. The van der Waals surface area contributed by atoms with Gasteiger partial charge in [-0.2, -0.15) is 0 Å². The second-order valence-corrected chi connectivity index (χ2v) is 6.48. The Hall–Kier alpha value is -2.86. The first-order valence-electron chi connectivity index (χ1n) is 9.02. The van der Waals surface area contributed by atoms with Gasteiger partial charge in [0.2, 0.25) is 5.89 Å². The molecule has 0 saturated carbocycles. The molecule has 0 saturated heterocycles. The van der Waals surface area contributed by atoms with Gasteiger partial charge in [0, 0.05) is 18.7 Å². The van der Waals surface area contributed by atoms with Gasteiger partial charge in [-0.25, -0.2) is 9.37 Å². The third-order valence-corrected chi connectivity index (χ3v) is 4.51. The molecule has 0 radical (unpaired) electrons. The Balaban J connectivity index is 1.39. The molecule has 4 rings (SSSR count). The Morgan fingerprint density at radius 2 is 1.89 bits per heavy atom. The van der Waals surface area contributed by atoms with E-state index in [4.69, 9.17) is 13.9 Å². The van der Waals surface area contributed by atoms with E-state index in [-0.39, 0.29) is 11.9 Å². The van der Waals surface area contributed by atoms with Gasteiger partial charge in [0.25, 0.3) is 0 Å². The van der Waals surface area contributed by atoms with Gasteiger partial charge in [-0.3, -0.25) is 4.90 Å². The number of benzene rings is 2. The lowest BCUT2D eigenvalue weighted by Crippen LogP contribution is -2.40. The molecule has 2 heterocycles. The van der Waals surface area contributed by atoms with Crippen LogP contribution in [0.4, 0.5) is 4.39 Å². The van der Waals surface area contributed by atoms with E-state index in [2.05, 4.69) is 16.8 Å². The monoisotopic (exact) mass is 368 g/mol. The van der Waals surface area contributed by atoms with Gasteiger partial charge in [-0.1, -0.05) is 19.1 Å². The Morgan fingerprint density at radius 3 is 2.67 bits per heavy atom. The van der Waals surface area contributed by atoms with Crippen molar-refractivity contribution in [1.29, 1.82) is 0 Å². The molecule has 6 heteroatoms. The van der Waals surface area contributed by atoms with Crippen molar-refractivity contribution in [1.82, 2.24) is 9.88 Å². The number of hydrogen-bond donors (Lipinski definition) is 0. The minimum Gasteiger partial charge on any atom is -0.486 e. The summed E-state index contributed by atoms with van der Waals surface area (Å²) >= 11 is 0. The van der Waals surface area contributed by atoms with Gasteiger partial charge < -0.3 is 13.9 Å². The van der Waals surface area contributed by atoms with Gasteiger partial charge in [-0.15, -0.1) is 0 Å². The van der Waals surface area contributed by atoms with Crippen molar-refractivity contribution in [2.75, 3.05) is 19.7 Å². The number of oxazole rings is 1. The molecule has 2 aromatic carbocycles. The second kappa shape index (κ2) is 7.80. The van der Waals surface area contributed by atoms with E-state index < -0.39 is 0 Å². The largest absolute Gasteiger partial charge is 0.486 e. The Labute approximate surface area is 157 Å². The number of para-hydroxylation sites is 2. The number of rotatable bonds is 6. The van der Waals surface area contributed by atoms with E-state index >= 15 is 0 Å². The fourth-order valence-electron chi connectivity index (χ4n) is 3.08. The lowest BCUT2D eigenvalue weighted by molar-refractivity contribution is 0.0577. The van der Waals surface area contributed by atoms with Crippen molar-refractivity contribution < 1.29 is 18.3 Å². The SMILES string of the molecule is CCN(Cc1coc(-c2ccc(F)cc2)n1)C[C@@H]1COc2ccccc2O1. The van der Waals surface area contributed by atoms with E-state index in [1.165, 1.54) is 12.1 Å². The van der Waals surface area contributed by atoms with Gasteiger partial charge in [-0.05, 0) is 42.9 Å². The van der Waals surface area contributed by atoms with Crippen molar-refractivity contribution in [3.05, 3.63) is 66.3 Å². The van der Waals surface area contributed by atoms with Crippen LogP contribution in [0.15, 0.2) is 59.2 Å². The van der Waals surface area contributed by atoms with Crippen LogP contribution < -0.4 is 9.47 Å². The minimum absolute atomic E-state index is 0.0386. The van der Waals surface area contributed by atoms with Crippen LogP contribution in [0, 0.1) is 5.82 Å². The van der Waals surface area contributed by atoms with Crippen molar-refractivity contribution in [3.63, 3.8) is 0 Å². The highest BCUT2D eigenvalue weighted by Crippen LogP contribution is 2.31. The molecule has 1 atom stereocenters. The van der Waals surface area contributed by atoms with Crippen LogP contribution in [0.25, 0.3) is 11.5 Å². The lowest BCUT2D eigenvalue weighted by Gasteiger charge is -2.30. The third-order valence-electron chi connectivity index (χ3n) is 4.51. The van der Waals surface area contributed by atoms with Gasteiger partial charge in [0.05, 0.1) is 5.69 Å². The Morgan fingerprint density at radius 1 is 1.11 bits per heavy atom. The standard InChI is InChI=1S/C21H21FN2O3/c1-2-24(12-18-14-25-19-5-3-4-6-20(19)27-18)11-17-13-26-21(23-17)15-7-9-16(22)10-8-15/h3-10,13,18H,2,11-12,14H2,1H3/t18-/m1/s1. The van der Waals surface area contributed by atoms with Crippen molar-refractivity contribution in [3.8, 4) is 23.0 Å². The molecule has 0 spiro atoms. The van der Waals surface area contributed by atoms with E-state index in [1.54, 1.807) is 18.4 Å². The highest BCUT2D eigenvalue weighted by Gasteiger charge is 2.23. The highest BCUT2D eigenvalue weighted by molar-refractivity contribution is 5.52. The molecule has 3 aromatic rings. The first kappa shape index (κ1) is 17.5. The van der Waals surface area contributed by atoms with E-state index in [9.17, 15) is 4.39 Å². The van der Waals surface area contributed by atoms with Crippen LogP contribution in [-0.2, 0) is 6.54 Å². The van der Waals surface area contributed by atoms with Crippen LogP contribution >= 0.6 is 0 Å². The third kappa shape index (κ3) is 4.11. The lowest BCUT2D eigenvalue weighted by atomic mass is 10.2. The summed E-state index contributed by atoms with van der Waals surface area (Å²) in [5.41, 5.74) is 1.58. The number of ether oxygens (including phenoxy) is 2. The molecular formula is C21H21FN2O3. The summed E-state index contributed by atoms with van der Waals surface area (Å²) in [6.45, 7) is 4.83. The molecule has 5 nitrogen and oxygen atoms in total. The number of likely N-dealkylation sites (N-methyl/N-ethyl adjacent to an activating group) is 1. The molecule has 1 aliphatic heterocycles. The van der Waals surface area contributed by atoms with Crippen LogP contribution in [0.5, 0.6) is 11.5 Å². The normalized spacial score (nSPS) is 15.9. The summed E-state index contributed by atoms with van der Waals surface area (Å²) in [6, 6.07) is 13.8. The summed E-state index contributed by atoms with van der Waals surface area (Å²) in [6.07, 6.45) is 1.61. The van der Waals surface area contributed by atoms with Crippen LogP contribution in [0.3, 0.4) is 0 Å². The van der Waals surface area contributed by atoms with Crippen molar-refractivity contribution >= 4 is 0 Å². The molecule has 27 heavy (non-hydrogen) atoms. The maximum absolute atomic E-state index is 13.1. The maximum atomic E-state index is 13.1. The molecule has 0 bridgehead atoms. The number of fused-ring (bicyclic) bond motifs is 1. The van der Waals surface area contributed by atoms with E-state index in [1.807, 2.05) is 24.3 Å². The van der Waals surface area contributed by atoms with Crippen molar-refractivity contribution in [2.24, 2.45) is 0 Å². The molecule has 0 unspecified atom stereocenters. The summed E-state index contributed by atoms with van der Waals surface area (Å²) < 4.78 is 30.4. The van der Waals surface area contributed by atoms with Crippen LogP contribution in [0.1, 0.15) is 12.6 Å². The number of nitrogens with zero attached hydrogens (tertiary/aromatic N) is 2. The van der Waals surface area contributed by atoms with Crippen LogP contribution in [0.2, 0.25) is 0 Å². The molecule has 0 aliphatic carbocycles. The molecule has 1 aliphatic rings. The topological polar surface area (TPSA) is 47.7 Å². The predicted octanol–water partition coefficient (Wildman–Crippen LogP) is 4.14. The first-order valence-corrected chi connectivity index (χ1v) is 9.02. The quantitative estimate of drug-likeness (QED) is 0.654. The predicted molar refractivity (Wildman–Crippen MR) is 99.2 cm³/mol. The first-order chi connectivity index (χ1) is 13.2. The average Bonchev–Trinajstić information content (AvgIpc) is 3.16. The van der Waals surface area contributed by atoms with Gasteiger partial charge in [0.15, 0.2) is 11.5 Å². The van der Waals surface area contributed by atoms with Gasteiger partial charge >= 0.3 is 0 Å². The molecule has 1 aromatic heterocycles. The number of aromatic nitrogens is 1. The number of hydrogen-bond acceptors (Lipinski definition) is 5. The Bertz CT molecular complexity index is 894. The van der Waals surface area contributed by atoms with E-state index in [0.29, 0.717) is 19.0 Å². The summed E-state index contributed by atoms with van der Waals surface area (Å²) in [4.78, 5) is 6.75. The van der Waals surface area contributed by atoms with Crippen molar-refractivity contribution in [2.45, 2.75) is 19.6 Å². The smallest absolute Gasteiger partial charge is 0.226 e. The summed E-state index contributed by atoms with van der Waals surface area (Å²) in [5.74, 6) is 1.79. The van der Waals surface area contributed by atoms with Crippen LogP contribution in [-0.4, -0.2) is 35.7 Å². The average molecular weight is 368 g/mol. The summed E-state index contributed by atoms with van der Waals surface area (Å²) in [5, 5.41) is 0. The second-order valence-electron chi connectivity index (χ2n) is 6.48. The van der Waals surface area contributed by atoms with Gasteiger partial charge in [0.1, 0.15) is 24.8 Å². The molecule has 0 amide bonds. The molecule has 140 valence electrons.